The van der Waals surface area contributed by atoms with Crippen molar-refractivity contribution in [3.8, 4) is 0 Å². The van der Waals surface area contributed by atoms with Gasteiger partial charge in [0.2, 0.25) is 5.95 Å². The van der Waals surface area contributed by atoms with Crippen LogP contribution in [0.3, 0.4) is 0 Å². The van der Waals surface area contributed by atoms with E-state index < -0.39 is 0 Å². The molecule has 1 heterocycles. The highest BCUT2D eigenvalue weighted by atomic mass is 35.5. The van der Waals surface area contributed by atoms with Gasteiger partial charge < -0.3 is 0 Å². The van der Waals surface area contributed by atoms with Crippen LogP contribution < -0.4 is 5.32 Å². The molecule has 15 heavy (non-hydrogen) atoms. The van der Waals surface area contributed by atoms with E-state index in [-0.39, 0.29) is 11.9 Å². The van der Waals surface area contributed by atoms with Gasteiger partial charge in [0.25, 0.3) is 5.91 Å². The number of nitrogens with zero attached hydrogens (tertiary/aromatic N) is 3. The molecule has 2 N–H and O–H groups in total. The van der Waals surface area contributed by atoms with Gasteiger partial charge in [-0.3, -0.25) is 10.1 Å². The molecule has 1 aromatic heterocycles. The van der Waals surface area contributed by atoms with E-state index in [2.05, 4.69) is 25.9 Å². The lowest BCUT2D eigenvalue weighted by Crippen LogP contribution is -2.12. The molecule has 0 aliphatic heterocycles. The Hall–Kier alpha value is -1.95. The predicted molar refractivity (Wildman–Crippen MR) is 53.6 cm³/mol. The first kappa shape index (κ1) is 9.60. The van der Waals surface area contributed by atoms with Crippen molar-refractivity contribution >= 4 is 23.5 Å². The van der Waals surface area contributed by atoms with Crippen molar-refractivity contribution in [2.24, 2.45) is 0 Å². The number of rotatable bonds is 2. The number of carbonyl (C=O) groups is 1. The molecule has 2 rings (SSSR count). The van der Waals surface area contributed by atoms with Crippen LogP contribution in [0, 0.1) is 0 Å². The standard InChI is InChI=1S/C8H6ClN5O/c9-6-3-1-2-5(4-6)7(15)10-8-11-13-14-12-8/h1-4H,(H2,10,11,12,13,14,15). The summed E-state index contributed by atoms with van der Waals surface area (Å²) in [5.41, 5.74) is 0.443. The van der Waals surface area contributed by atoms with Crippen LogP contribution in [-0.2, 0) is 0 Å². The third kappa shape index (κ3) is 2.29. The van der Waals surface area contributed by atoms with Crippen LogP contribution in [0.5, 0.6) is 0 Å². The Labute approximate surface area is 89.6 Å². The summed E-state index contributed by atoms with van der Waals surface area (Å²) in [5, 5.41) is 15.6. The highest BCUT2D eigenvalue weighted by molar-refractivity contribution is 6.31. The molecule has 0 atom stereocenters. The summed E-state index contributed by atoms with van der Waals surface area (Å²) in [4.78, 5) is 11.6. The minimum Gasteiger partial charge on any atom is -0.289 e. The third-order valence-electron chi connectivity index (χ3n) is 1.66. The zero-order chi connectivity index (χ0) is 10.7. The number of halogens is 1. The summed E-state index contributed by atoms with van der Waals surface area (Å²) in [6.07, 6.45) is 0. The molecule has 76 valence electrons. The monoisotopic (exact) mass is 223 g/mol. The molecule has 7 heteroatoms. The second kappa shape index (κ2) is 4.05. The zero-order valence-corrected chi connectivity index (χ0v) is 8.19. The third-order valence-corrected chi connectivity index (χ3v) is 1.90. The van der Waals surface area contributed by atoms with E-state index in [1.165, 1.54) is 0 Å². The summed E-state index contributed by atoms with van der Waals surface area (Å²) >= 11 is 5.74. The average molecular weight is 224 g/mol. The minimum atomic E-state index is -0.323. The Morgan fingerprint density at radius 1 is 1.47 bits per heavy atom. The second-order valence-corrected chi connectivity index (χ2v) is 3.15. The fraction of sp³-hybridized carbons (Fsp3) is 0. The van der Waals surface area contributed by atoms with Crippen LogP contribution >= 0.6 is 11.6 Å². The summed E-state index contributed by atoms with van der Waals surface area (Å²) in [6, 6.07) is 6.58. The Bertz CT molecular complexity index is 470. The van der Waals surface area contributed by atoms with E-state index >= 15 is 0 Å². The Balaban J connectivity index is 2.15. The van der Waals surface area contributed by atoms with E-state index in [1.54, 1.807) is 24.3 Å². The van der Waals surface area contributed by atoms with E-state index in [9.17, 15) is 4.79 Å². The normalized spacial score (nSPS) is 9.93. The maximum absolute atomic E-state index is 11.6. The largest absolute Gasteiger partial charge is 0.289 e. The van der Waals surface area contributed by atoms with E-state index in [4.69, 9.17) is 11.6 Å². The lowest BCUT2D eigenvalue weighted by molar-refractivity contribution is 0.102. The number of H-pyrrole nitrogens is 1. The first-order valence-corrected chi connectivity index (χ1v) is 4.44. The van der Waals surface area contributed by atoms with E-state index in [0.717, 1.165) is 0 Å². The lowest BCUT2D eigenvalue weighted by atomic mass is 10.2. The van der Waals surface area contributed by atoms with Crippen molar-refractivity contribution in [2.75, 3.05) is 5.32 Å². The number of nitrogens with one attached hydrogen (secondary N) is 2. The molecule has 2 aromatic rings. The predicted octanol–water partition coefficient (Wildman–Crippen LogP) is 1.11. The molecule has 0 bridgehead atoms. The van der Waals surface area contributed by atoms with Crippen LogP contribution in [-0.4, -0.2) is 26.5 Å². The van der Waals surface area contributed by atoms with Crippen molar-refractivity contribution in [2.45, 2.75) is 0 Å². The van der Waals surface area contributed by atoms with Gasteiger partial charge >= 0.3 is 0 Å². The topological polar surface area (TPSA) is 83.6 Å². The molecule has 0 radical (unpaired) electrons. The first-order chi connectivity index (χ1) is 7.25. The van der Waals surface area contributed by atoms with Crippen LogP contribution in [0.25, 0.3) is 0 Å². The van der Waals surface area contributed by atoms with Crippen molar-refractivity contribution in [3.63, 3.8) is 0 Å². The molecule has 0 unspecified atom stereocenters. The molecule has 0 spiro atoms. The number of benzene rings is 1. The number of anilines is 1. The summed E-state index contributed by atoms with van der Waals surface area (Å²) in [7, 11) is 0. The Kier molecular flexibility index (Phi) is 2.59. The number of hydrogen-bond donors (Lipinski definition) is 2. The molecule has 0 aliphatic rings. The number of tetrazole rings is 1. The molecule has 1 aromatic carbocycles. The van der Waals surface area contributed by atoms with Crippen LogP contribution in [0.15, 0.2) is 24.3 Å². The Morgan fingerprint density at radius 2 is 2.33 bits per heavy atom. The summed E-state index contributed by atoms with van der Waals surface area (Å²) in [5.74, 6) is -0.129. The quantitative estimate of drug-likeness (QED) is 0.799. The number of hydrogen-bond acceptors (Lipinski definition) is 4. The maximum Gasteiger partial charge on any atom is 0.258 e. The van der Waals surface area contributed by atoms with Crippen LogP contribution in [0.2, 0.25) is 5.02 Å². The number of amides is 1. The lowest BCUT2D eigenvalue weighted by Gasteiger charge is -2.00. The van der Waals surface area contributed by atoms with E-state index in [1.807, 2.05) is 0 Å². The molecule has 0 saturated heterocycles. The van der Waals surface area contributed by atoms with Gasteiger partial charge in [-0.15, -0.1) is 0 Å². The smallest absolute Gasteiger partial charge is 0.258 e. The van der Waals surface area contributed by atoms with Crippen molar-refractivity contribution < 1.29 is 4.79 Å². The number of carbonyl (C=O) groups excluding carboxylic acids is 1. The van der Waals surface area contributed by atoms with Gasteiger partial charge in [0, 0.05) is 10.6 Å². The van der Waals surface area contributed by atoms with Crippen LogP contribution in [0.4, 0.5) is 5.95 Å². The van der Waals surface area contributed by atoms with Gasteiger partial charge in [0.15, 0.2) is 0 Å². The zero-order valence-electron chi connectivity index (χ0n) is 7.44. The summed E-state index contributed by atoms with van der Waals surface area (Å²) in [6.45, 7) is 0. The summed E-state index contributed by atoms with van der Waals surface area (Å²) < 4.78 is 0. The number of aromatic nitrogens is 4. The van der Waals surface area contributed by atoms with Gasteiger partial charge in [-0.25, -0.2) is 5.10 Å². The average Bonchev–Trinajstić information content (AvgIpc) is 2.70. The molecular weight excluding hydrogens is 218 g/mol. The van der Waals surface area contributed by atoms with Crippen molar-refractivity contribution in [1.29, 1.82) is 0 Å². The van der Waals surface area contributed by atoms with E-state index in [0.29, 0.717) is 10.6 Å². The van der Waals surface area contributed by atoms with Gasteiger partial charge in [0.1, 0.15) is 0 Å². The maximum atomic E-state index is 11.6. The highest BCUT2D eigenvalue weighted by Gasteiger charge is 2.07. The number of aromatic amines is 1. The molecule has 0 saturated carbocycles. The fourth-order valence-corrected chi connectivity index (χ4v) is 1.21. The Morgan fingerprint density at radius 3 is 3.00 bits per heavy atom. The van der Waals surface area contributed by atoms with Crippen molar-refractivity contribution in [1.82, 2.24) is 20.6 Å². The van der Waals surface area contributed by atoms with Crippen molar-refractivity contribution in [3.05, 3.63) is 34.9 Å². The minimum absolute atomic E-state index is 0.194. The van der Waals surface area contributed by atoms with Gasteiger partial charge in [-0.2, -0.15) is 0 Å². The van der Waals surface area contributed by atoms with Gasteiger partial charge in [-0.05, 0) is 28.6 Å². The van der Waals surface area contributed by atoms with Crippen LogP contribution in [0.1, 0.15) is 10.4 Å². The molecular formula is C8H6ClN5O. The fourth-order valence-electron chi connectivity index (χ4n) is 1.02. The van der Waals surface area contributed by atoms with Gasteiger partial charge in [0.05, 0.1) is 0 Å². The first-order valence-electron chi connectivity index (χ1n) is 4.06. The molecule has 6 nitrogen and oxygen atoms in total. The highest BCUT2D eigenvalue weighted by Crippen LogP contribution is 2.11. The SMILES string of the molecule is O=C(Nc1nnn[nH]1)c1cccc(Cl)c1. The molecule has 0 fully saturated rings. The molecule has 0 aliphatic carbocycles. The molecule has 1 amide bonds. The van der Waals surface area contributed by atoms with Gasteiger partial charge in [-0.1, -0.05) is 22.8 Å². The second-order valence-electron chi connectivity index (χ2n) is 2.71.